The molecule has 1 heterocycles. The van der Waals surface area contributed by atoms with Crippen LogP contribution in [0.3, 0.4) is 0 Å². The van der Waals surface area contributed by atoms with Gasteiger partial charge >= 0.3 is 0 Å². The van der Waals surface area contributed by atoms with Crippen LogP contribution in [0.4, 0.5) is 5.69 Å². The number of carbonyl (C=O) groups excluding carboxylic acids is 1. The van der Waals surface area contributed by atoms with E-state index in [2.05, 4.69) is 27.2 Å². The highest BCUT2D eigenvalue weighted by atomic mass is 16.2. The van der Waals surface area contributed by atoms with Crippen molar-refractivity contribution in [1.82, 2.24) is 14.8 Å². The van der Waals surface area contributed by atoms with Crippen LogP contribution < -0.4 is 5.32 Å². The molecule has 96 valence electrons. The Morgan fingerprint density at radius 1 is 1.42 bits per heavy atom. The van der Waals surface area contributed by atoms with Gasteiger partial charge in [0.1, 0.15) is 25.8 Å². The average Bonchev–Trinajstić information content (AvgIpc) is 2.90. The third-order valence-electron chi connectivity index (χ3n) is 2.28. The summed E-state index contributed by atoms with van der Waals surface area (Å²) in [7, 11) is 0. The fraction of sp³-hybridized carbons (Fsp3) is 0.154. The second kappa shape index (κ2) is 6.33. The summed E-state index contributed by atoms with van der Waals surface area (Å²) in [5.41, 5.74) is 1.26. The predicted molar refractivity (Wildman–Crippen MR) is 69.1 cm³/mol. The van der Waals surface area contributed by atoms with Gasteiger partial charge in [-0.3, -0.25) is 4.79 Å². The van der Waals surface area contributed by atoms with Gasteiger partial charge in [0.15, 0.2) is 0 Å². The van der Waals surface area contributed by atoms with Crippen LogP contribution in [-0.2, 0) is 11.3 Å². The van der Waals surface area contributed by atoms with E-state index in [0.717, 1.165) is 0 Å². The Bertz CT molecular complexity index is 611. The maximum Gasteiger partial charge on any atom is 0.246 e. The molecule has 0 unspecified atom stereocenters. The maximum absolute atomic E-state index is 11.8. The van der Waals surface area contributed by atoms with Crippen molar-refractivity contribution in [3.63, 3.8) is 0 Å². The summed E-state index contributed by atoms with van der Waals surface area (Å²) in [6.45, 7) is -0.136. The van der Waals surface area contributed by atoms with Gasteiger partial charge in [0.05, 0.1) is 5.69 Å². The van der Waals surface area contributed by atoms with Crippen molar-refractivity contribution in [1.29, 1.82) is 0 Å². The van der Waals surface area contributed by atoms with Gasteiger partial charge in [0, 0.05) is 5.56 Å². The minimum absolute atomic E-state index is 0.0851. The highest BCUT2D eigenvalue weighted by Crippen LogP contribution is 2.13. The molecule has 2 N–H and O–H groups in total. The zero-order valence-electron chi connectivity index (χ0n) is 10.1. The fourth-order valence-electron chi connectivity index (χ4n) is 1.49. The summed E-state index contributed by atoms with van der Waals surface area (Å²) < 4.78 is 1.43. The van der Waals surface area contributed by atoms with E-state index >= 15 is 0 Å². The van der Waals surface area contributed by atoms with E-state index in [1.54, 1.807) is 18.2 Å². The summed E-state index contributed by atoms with van der Waals surface area (Å²) >= 11 is 0. The molecule has 0 radical (unpaired) electrons. The number of nitrogens with one attached hydrogen (secondary N) is 1. The summed E-state index contributed by atoms with van der Waals surface area (Å²) in [6, 6.07) is 7.14. The Hall–Kier alpha value is -2.65. The molecule has 0 spiro atoms. The summed E-state index contributed by atoms with van der Waals surface area (Å²) in [4.78, 5) is 15.6. The lowest BCUT2D eigenvalue weighted by molar-refractivity contribution is -0.116. The molecule has 6 heteroatoms. The van der Waals surface area contributed by atoms with Crippen molar-refractivity contribution in [2.75, 3.05) is 11.9 Å². The fourth-order valence-corrected chi connectivity index (χ4v) is 1.49. The first kappa shape index (κ1) is 12.8. The molecule has 6 nitrogen and oxygen atoms in total. The zero-order valence-corrected chi connectivity index (χ0v) is 10.1. The minimum Gasteiger partial charge on any atom is -0.384 e. The number of aliphatic hydroxyl groups is 1. The molecule has 2 rings (SSSR count). The van der Waals surface area contributed by atoms with Gasteiger partial charge in [-0.15, -0.1) is 0 Å². The predicted octanol–water partition coefficient (Wildman–Crippen LogP) is 0.261. The van der Waals surface area contributed by atoms with Gasteiger partial charge in [0.25, 0.3) is 0 Å². The lowest BCUT2D eigenvalue weighted by Gasteiger charge is -2.07. The van der Waals surface area contributed by atoms with E-state index in [-0.39, 0.29) is 19.1 Å². The molecule has 1 aromatic heterocycles. The lowest BCUT2D eigenvalue weighted by atomic mass is 10.2. The molecule has 0 fully saturated rings. The third-order valence-corrected chi connectivity index (χ3v) is 2.28. The number of hydrogen-bond acceptors (Lipinski definition) is 4. The molecule has 0 aliphatic carbocycles. The van der Waals surface area contributed by atoms with Gasteiger partial charge in [-0.25, -0.2) is 9.67 Å². The molecular weight excluding hydrogens is 244 g/mol. The zero-order chi connectivity index (χ0) is 13.5. The number of hydrogen-bond donors (Lipinski definition) is 2. The number of anilines is 1. The number of benzene rings is 1. The van der Waals surface area contributed by atoms with Crippen LogP contribution in [0.25, 0.3) is 0 Å². The van der Waals surface area contributed by atoms with Crippen LogP contribution in [0.15, 0.2) is 36.9 Å². The third kappa shape index (κ3) is 3.66. The van der Waals surface area contributed by atoms with Crippen molar-refractivity contribution in [2.45, 2.75) is 6.54 Å². The number of aromatic nitrogens is 3. The standard InChI is InChI=1S/C13H12N4O2/c18-7-3-5-11-4-1-2-6-12(11)16-13(19)8-17-10-14-9-15-17/h1-2,4,6,9-10,18H,7-8H2,(H,16,19). The molecule has 0 aliphatic rings. The highest BCUT2D eigenvalue weighted by Gasteiger charge is 2.06. The van der Waals surface area contributed by atoms with Crippen LogP contribution in [0.5, 0.6) is 0 Å². The first-order valence-electron chi connectivity index (χ1n) is 5.60. The quantitative estimate of drug-likeness (QED) is 0.772. The Kier molecular flexibility index (Phi) is 4.26. The molecule has 1 aromatic carbocycles. The van der Waals surface area contributed by atoms with Gasteiger partial charge in [-0.05, 0) is 12.1 Å². The van der Waals surface area contributed by atoms with Crippen molar-refractivity contribution in [3.8, 4) is 11.8 Å². The van der Waals surface area contributed by atoms with Crippen LogP contribution in [0.2, 0.25) is 0 Å². The second-order valence-electron chi connectivity index (χ2n) is 3.65. The van der Waals surface area contributed by atoms with E-state index in [9.17, 15) is 4.79 Å². The second-order valence-corrected chi connectivity index (χ2v) is 3.65. The Balaban J connectivity index is 2.08. The number of aliphatic hydroxyl groups excluding tert-OH is 1. The summed E-state index contributed by atoms with van der Waals surface area (Å²) in [5.74, 6) is 5.11. The normalized spacial score (nSPS) is 9.53. The average molecular weight is 256 g/mol. The highest BCUT2D eigenvalue weighted by molar-refractivity contribution is 5.91. The topological polar surface area (TPSA) is 80.0 Å². The number of rotatable bonds is 3. The molecule has 0 bridgehead atoms. The first-order chi connectivity index (χ1) is 9.29. The number of amides is 1. The lowest BCUT2D eigenvalue weighted by Crippen LogP contribution is -2.19. The molecule has 2 aromatic rings. The van der Waals surface area contributed by atoms with Crippen LogP contribution >= 0.6 is 0 Å². The molecule has 0 saturated heterocycles. The largest absolute Gasteiger partial charge is 0.384 e. The number of para-hydroxylation sites is 1. The smallest absolute Gasteiger partial charge is 0.246 e. The Labute approximate surface area is 110 Å². The van der Waals surface area contributed by atoms with Gasteiger partial charge in [-0.1, -0.05) is 24.0 Å². The Morgan fingerprint density at radius 3 is 3.00 bits per heavy atom. The minimum atomic E-state index is -0.221. The first-order valence-corrected chi connectivity index (χ1v) is 5.60. The van der Waals surface area contributed by atoms with E-state index in [1.165, 1.54) is 17.3 Å². The van der Waals surface area contributed by atoms with Crippen molar-refractivity contribution >= 4 is 11.6 Å². The van der Waals surface area contributed by atoms with Crippen molar-refractivity contribution < 1.29 is 9.90 Å². The summed E-state index contributed by atoms with van der Waals surface area (Å²) in [6.07, 6.45) is 2.84. The Morgan fingerprint density at radius 2 is 2.26 bits per heavy atom. The van der Waals surface area contributed by atoms with Gasteiger partial charge < -0.3 is 10.4 Å². The van der Waals surface area contributed by atoms with E-state index in [4.69, 9.17) is 5.11 Å². The molecule has 0 saturated carbocycles. The molecule has 0 atom stereocenters. The number of nitrogens with zero attached hydrogens (tertiary/aromatic N) is 3. The maximum atomic E-state index is 11.8. The summed E-state index contributed by atoms with van der Waals surface area (Å²) in [5, 5.41) is 15.3. The van der Waals surface area contributed by atoms with Gasteiger partial charge in [-0.2, -0.15) is 5.10 Å². The van der Waals surface area contributed by atoms with Crippen molar-refractivity contribution in [2.24, 2.45) is 0 Å². The van der Waals surface area contributed by atoms with Crippen LogP contribution in [-0.4, -0.2) is 32.4 Å². The number of carbonyl (C=O) groups is 1. The molecular formula is C13H12N4O2. The molecule has 0 aliphatic heterocycles. The van der Waals surface area contributed by atoms with Crippen LogP contribution in [0, 0.1) is 11.8 Å². The molecule has 19 heavy (non-hydrogen) atoms. The van der Waals surface area contributed by atoms with Gasteiger partial charge in [0.2, 0.25) is 5.91 Å². The van der Waals surface area contributed by atoms with E-state index in [0.29, 0.717) is 11.3 Å². The van der Waals surface area contributed by atoms with E-state index < -0.39 is 0 Å². The SMILES string of the molecule is O=C(Cn1cncn1)Nc1ccccc1C#CCO. The van der Waals surface area contributed by atoms with E-state index in [1.807, 2.05) is 6.07 Å². The van der Waals surface area contributed by atoms with Crippen molar-refractivity contribution in [3.05, 3.63) is 42.5 Å². The molecule has 1 amide bonds. The van der Waals surface area contributed by atoms with Crippen LogP contribution in [0.1, 0.15) is 5.56 Å². The monoisotopic (exact) mass is 256 g/mol.